The van der Waals surface area contributed by atoms with Gasteiger partial charge >= 0.3 is 5.97 Å². The lowest BCUT2D eigenvalue weighted by Gasteiger charge is -2.44. The average Bonchev–Trinajstić information content (AvgIpc) is 2.65. The second-order valence-corrected chi connectivity index (χ2v) is 7.79. The number of aliphatic carboxylic acids is 1. The number of benzene rings is 1. The second kappa shape index (κ2) is 8.73. The number of carboxylic acids is 1. The van der Waals surface area contributed by atoms with Gasteiger partial charge in [0.2, 0.25) is 11.8 Å². The number of piperidine rings is 1. The fourth-order valence-corrected chi connectivity index (χ4v) is 4.40. The van der Waals surface area contributed by atoms with Gasteiger partial charge in [0.15, 0.2) is 0 Å². The van der Waals surface area contributed by atoms with E-state index >= 15 is 0 Å². The maximum atomic E-state index is 13.0. The summed E-state index contributed by atoms with van der Waals surface area (Å²) in [7, 11) is 1.77. The van der Waals surface area contributed by atoms with Crippen LogP contribution in [-0.2, 0) is 14.4 Å². The summed E-state index contributed by atoms with van der Waals surface area (Å²) in [5, 5.41) is 12.1. The first-order valence-corrected chi connectivity index (χ1v) is 9.97. The molecule has 0 radical (unpaired) electrons. The monoisotopic (exact) mass is 387 g/mol. The van der Waals surface area contributed by atoms with Crippen molar-refractivity contribution in [1.29, 1.82) is 0 Å². The van der Waals surface area contributed by atoms with Crippen LogP contribution in [0.4, 0.5) is 0 Å². The molecule has 1 aromatic carbocycles. The first-order valence-electron chi connectivity index (χ1n) is 9.97. The number of hydrogen-bond acceptors (Lipinski definition) is 4. The minimum absolute atomic E-state index is 0.0158. The molecule has 2 N–H and O–H groups in total. The van der Waals surface area contributed by atoms with Crippen molar-refractivity contribution in [3.63, 3.8) is 0 Å². The van der Waals surface area contributed by atoms with E-state index in [4.69, 9.17) is 5.11 Å². The van der Waals surface area contributed by atoms with E-state index in [1.54, 1.807) is 11.9 Å². The number of hydrogen-bond donors (Lipinski definition) is 2. The van der Waals surface area contributed by atoms with Gasteiger partial charge in [-0.1, -0.05) is 37.3 Å². The summed E-state index contributed by atoms with van der Waals surface area (Å²) < 4.78 is 0. The van der Waals surface area contributed by atoms with E-state index in [0.717, 1.165) is 18.4 Å². The minimum atomic E-state index is -0.824. The highest BCUT2D eigenvalue weighted by Gasteiger charge is 2.41. The molecule has 1 saturated heterocycles. The van der Waals surface area contributed by atoms with E-state index in [1.165, 1.54) is 0 Å². The molecule has 2 amide bonds. The Balaban J connectivity index is 1.62. The zero-order valence-corrected chi connectivity index (χ0v) is 16.5. The lowest BCUT2D eigenvalue weighted by Crippen LogP contribution is -2.56. The van der Waals surface area contributed by atoms with E-state index < -0.39 is 5.97 Å². The van der Waals surface area contributed by atoms with Crippen molar-refractivity contribution >= 4 is 17.8 Å². The topological polar surface area (TPSA) is 90.0 Å². The molecule has 152 valence electrons. The SMILES string of the molecule is CCN(CC(=O)O)C1CC(NC(=O)C2CCC(=O)N(C)C2c2ccccc2)C1. The molecule has 1 aliphatic carbocycles. The largest absolute Gasteiger partial charge is 0.480 e. The summed E-state index contributed by atoms with van der Waals surface area (Å²) >= 11 is 0. The number of nitrogens with one attached hydrogen (secondary N) is 1. The van der Waals surface area contributed by atoms with Crippen LogP contribution in [0.15, 0.2) is 30.3 Å². The summed E-state index contributed by atoms with van der Waals surface area (Å²) in [6.07, 6.45) is 2.47. The Morgan fingerprint density at radius 2 is 1.93 bits per heavy atom. The van der Waals surface area contributed by atoms with E-state index in [1.807, 2.05) is 42.2 Å². The number of likely N-dealkylation sites (tertiary alicyclic amines) is 1. The normalized spacial score (nSPS) is 27.4. The van der Waals surface area contributed by atoms with E-state index in [2.05, 4.69) is 5.32 Å². The third-order valence-electron chi connectivity index (χ3n) is 6.06. The van der Waals surface area contributed by atoms with Crippen molar-refractivity contribution in [2.75, 3.05) is 20.1 Å². The van der Waals surface area contributed by atoms with E-state index in [-0.39, 0.29) is 42.4 Å². The molecule has 1 aliphatic heterocycles. The third kappa shape index (κ3) is 4.35. The molecule has 1 saturated carbocycles. The van der Waals surface area contributed by atoms with Gasteiger partial charge in [-0.15, -0.1) is 0 Å². The van der Waals surface area contributed by atoms with Crippen LogP contribution in [0.5, 0.6) is 0 Å². The van der Waals surface area contributed by atoms with Gasteiger partial charge in [-0.3, -0.25) is 19.3 Å². The van der Waals surface area contributed by atoms with Gasteiger partial charge in [0, 0.05) is 25.6 Å². The summed E-state index contributed by atoms with van der Waals surface area (Å²) in [6, 6.07) is 9.72. The van der Waals surface area contributed by atoms with E-state index in [0.29, 0.717) is 19.4 Å². The standard InChI is InChI=1S/C21H29N3O4/c1-3-24(13-19(26)27)16-11-15(12-16)22-21(28)17-9-10-18(25)23(2)20(17)14-7-5-4-6-8-14/h4-8,15-17,20H,3,9-13H2,1-2H3,(H,22,28)(H,26,27). The summed E-state index contributed by atoms with van der Waals surface area (Å²) in [4.78, 5) is 39.8. The zero-order chi connectivity index (χ0) is 20.3. The molecule has 3 rings (SSSR count). The van der Waals surface area contributed by atoms with Crippen molar-refractivity contribution < 1.29 is 19.5 Å². The van der Waals surface area contributed by atoms with Crippen LogP contribution in [0.1, 0.15) is 44.2 Å². The summed E-state index contributed by atoms with van der Waals surface area (Å²) in [6.45, 7) is 2.67. The fraction of sp³-hybridized carbons (Fsp3) is 0.571. The Kier molecular flexibility index (Phi) is 6.34. The Hall–Kier alpha value is -2.41. The molecule has 0 aromatic heterocycles. The number of nitrogens with zero attached hydrogens (tertiary/aromatic N) is 2. The Morgan fingerprint density at radius 3 is 2.54 bits per heavy atom. The molecule has 2 aliphatic rings. The van der Waals surface area contributed by atoms with Crippen LogP contribution >= 0.6 is 0 Å². The number of likely N-dealkylation sites (N-methyl/N-ethyl adjacent to an activating group) is 1. The Morgan fingerprint density at radius 1 is 1.25 bits per heavy atom. The van der Waals surface area contributed by atoms with Crippen LogP contribution in [0, 0.1) is 5.92 Å². The summed E-state index contributed by atoms with van der Waals surface area (Å²) in [5.74, 6) is -1.05. The van der Waals surface area contributed by atoms with Crippen molar-refractivity contribution in [2.45, 2.75) is 50.7 Å². The van der Waals surface area contributed by atoms with Crippen molar-refractivity contribution in [3.8, 4) is 0 Å². The van der Waals surface area contributed by atoms with Gasteiger partial charge in [0.05, 0.1) is 18.5 Å². The molecule has 2 atom stereocenters. The van der Waals surface area contributed by atoms with Crippen LogP contribution < -0.4 is 5.32 Å². The lowest BCUT2D eigenvalue weighted by molar-refractivity contribution is -0.143. The maximum Gasteiger partial charge on any atom is 0.317 e. The van der Waals surface area contributed by atoms with Gasteiger partial charge in [-0.2, -0.15) is 0 Å². The number of rotatable bonds is 7. The molecule has 0 spiro atoms. The predicted molar refractivity (Wildman–Crippen MR) is 105 cm³/mol. The molecule has 1 aromatic rings. The molecule has 1 heterocycles. The molecule has 7 heteroatoms. The Bertz CT molecular complexity index is 718. The van der Waals surface area contributed by atoms with Crippen LogP contribution in [0.3, 0.4) is 0 Å². The van der Waals surface area contributed by atoms with Crippen molar-refractivity contribution in [2.24, 2.45) is 5.92 Å². The lowest BCUT2D eigenvalue weighted by atomic mass is 9.81. The van der Waals surface area contributed by atoms with Gasteiger partial charge < -0.3 is 15.3 Å². The minimum Gasteiger partial charge on any atom is -0.480 e. The van der Waals surface area contributed by atoms with Crippen molar-refractivity contribution in [1.82, 2.24) is 15.1 Å². The predicted octanol–water partition coefficient (Wildman–Crippen LogP) is 1.65. The highest BCUT2D eigenvalue weighted by Crippen LogP contribution is 2.36. The highest BCUT2D eigenvalue weighted by atomic mass is 16.4. The fourth-order valence-electron chi connectivity index (χ4n) is 4.40. The average molecular weight is 387 g/mol. The van der Waals surface area contributed by atoms with Gasteiger partial charge in [0.1, 0.15) is 0 Å². The van der Waals surface area contributed by atoms with Crippen LogP contribution in [-0.4, -0.2) is 64.9 Å². The highest BCUT2D eigenvalue weighted by molar-refractivity contribution is 5.85. The first kappa shape index (κ1) is 20.3. The number of amides is 2. The molecule has 0 bridgehead atoms. The number of carbonyl (C=O) groups excluding carboxylic acids is 2. The molecule has 28 heavy (non-hydrogen) atoms. The smallest absolute Gasteiger partial charge is 0.317 e. The van der Waals surface area contributed by atoms with Crippen LogP contribution in [0.25, 0.3) is 0 Å². The summed E-state index contributed by atoms with van der Waals surface area (Å²) in [5.41, 5.74) is 0.975. The molecular formula is C21H29N3O4. The maximum absolute atomic E-state index is 13.0. The molecule has 2 unspecified atom stereocenters. The zero-order valence-electron chi connectivity index (χ0n) is 16.5. The van der Waals surface area contributed by atoms with Crippen LogP contribution in [0.2, 0.25) is 0 Å². The molecule has 7 nitrogen and oxygen atoms in total. The number of carboxylic acid groups (broad SMARTS) is 1. The van der Waals surface area contributed by atoms with Gasteiger partial charge in [0.25, 0.3) is 0 Å². The number of carbonyl (C=O) groups is 3. The first-order chi connectivity index (χ1) is 13.4. The second-order valence-electron chi connectivity index (χ2n) is 7.79. The quantitative estimate of drug-likeness (QED) is 0.743. The van der Waals surface area contributed by atoms with Crippen molar-refractivity contribution in [3.05, 3.63) is 35.9 Å². The Labute approximate surface area is 165 Å². The van der Waals surface area contributed by atoms with Gasteiger partial charge in [-0.25, -0.2) is 0 Å². The molecule has 2 fully saturated rings. The molecular weight excluding hydrogens is 358 g/mol. The van der Waals surface area contributed by atoms with E-state index in [9.17, 15) is 14.4 Å². The van der Waals surface area contributed by atoms with Gasteiger partial charge in [-0.05, 0) is 31.4 Å². The third-order valence-corrected chi connectivity index (χ3v) is 6.06.